The number of benzene rings is 1. The van der Waals surface area contributed by atoms with E-state index in [0.29, 0.717) is 12.5 Å². The highest BCUT2D eigenvalue weighted by molar-refractivity contribution is 7.89. The Kier molecular flexibility index (Phi) is 5.72. The van der Waals surface area contributed by atoms with Crippen molar-refractivity contribution in [2.24, 2.45) is 0 Å². The average molecular weight is 403 g/mol. The highest BCUT2D eigenvalue weighted by atomic mass is 32.2. The fraction of sp³-hybridized carbons (Fsp3) is 0.500. The molecule has 1 heterocycles. The Balaban J connectivity index is 1.71. The first-order valence-corrected chi connectivity index (χ1v) is 9.90. The Bertz CT molecular complexity index is 844. The van der Waals surface area contributed by atoms with E-state index in [0.717, 1.165) is 29.3 Å². The smallest absolute Gasteiger partial charge is 0.309 e. The number of amides is 2. The number of halogens is 2. The molecule has 0 spiro atoms. The molecule has 1 saturated carbocycles. The second-order valence-corrected chi connectivity index (χ2v) is 8.19. The van der Waals surface area contributed by atoms with E-state index in [1.807, 2.05) is 0 Å². The fourth-order valence-electron chi connectivity index (χ4n) is 2.64. The van der Waals surface area contributed by atoms with Crippen molar-refractivity contribution < 1.29 is 31.5 Å². The van der Waals surface area contributed by atoms with Crippen LogP contribution >= 0.6 is 0 Å². The lowest BCUT2D eigenvalue weighted by molar-refractivity contribution is -0.140. The van der Waals surface area contributed by atoms with E-state index in [4.69, 9.17) is 4.74 Å². The Morgan fingerprint density at radius 3 is 2.67 bits per heavy atom. The summed E-state index contributed by atoms with van der Waals surface area (Å²) in [6.45, 7) is -0.0629. The third kappa shape index (κ3) is 4.60. The molecule has 27 heavy (non-hydrogen) atoms. The standard InChI is InChI=1S/C16H19F2N3O5S/c17-10-2-5-12(18)13(8-10)27(24,25)21-6-1-7-26-14(21)9-19-15(22)16(23)20-11-3-4-11/h2,5,8,11,14H,1,3-4,6-7,9H2,(H,19,22)(H,20,23)/t14-/m0/s1. The van der Waals surface area contributed by atoms with Gasteiger partial charge in [-0.25, -0.2) is 17.2 Å². The molecule has 1 atom stereocenters. The highest BCUT2D eigenvalue weighted by Crippen LogP contribution is 2.25. The second-order valence-electron chi connectivity index (χ2n) is 6.33. The van der Waals surface area contributed by atoms with Gasteiger partial charge < -0.3 is 15.4 Å². The van der Waals surface area contributed by atoms with E-state index >= 15 is 0 Å². The summed E-state index contributed by atoms with van der Waals surface area (Å²) in [5, 5.41) is 4.82. The van der Waals surface area contributed by atoms with E-state index in [1.165, 1.54) is 0 Å². The molecule has 11 heteroatoms. The zero-order valence-electron chi connectivity index (χ0n) is 14.3. The van der Waals surface area contributed by atoms with Crippen molar-refractivity contribution in [2.75, 3.05) is 19.7 Å². The molecule has 0 radical (unpaired) electrons. The van der Waals surface area contributed by atoms with Crippen molar-refractivity contribution in [1.29, 1.82) is 0 Å². The van der Waals surface area contributed by atoms with Gasteiger partial charge in [0, 0.05) is 12.6 Å². The highest BCUT2D eigenvalue weighted by Gasteiger charge is 2.37. The van der Waals surface area contributed by atoms with Crippen LogP contribution in [0, 0.1) is 11.6 Å². The van der Waals surface area contributed by atoms with Gasteiger partial charge >= 0.3 is 11.8 Å². The van der Waals surface area contributed by atoms with Crippen molar-refractivity contribution in [3.05, 3.63) is 29.8 Å². The van der Waals surface area contributed by atoms with Gasteiger partial charge in [-0.2, -0.15) is 4.31 Å². The number of sulfonamides is 1. The van der Waals surface area contributed by atoms with E-state index in [2.05, 4.69) is 10.6 Å². The summed E-state index contributed by atoms with van der Waals surface area (Å²) in [7, 11) is -4.40. The van der Waals surface area contributed by atoms with Crippen LogP contribution in [0.25, 0.3) is 0 Å². The van der Waals surface area contributed by atoms with Crippen LogP contribution < -0.4 is 10.6 Å². The maximum Gasteiger partial charge on any atom is 0.309 e. The molecular weight excluding hydrogens is 384 g/mol. The van der Waals surface area contributed by atoms with Crippen LogP contribution in [0.15, 0.2) is 23.1 Å². The molecule has 8 nitrogen and oxygen atoms in total. The van der Waals surface area contributed by atoms with Gasteiger partial charge in [-0.3, -0.25) is 9.59 Å². The Labute approximate surface area is 154 Å². The van der Waals surface area contributed by atoms with Crippen molar-refractivity contribution in [1.82, 2.24) is 14.9 Å². The SMILES string of the molecule is O=C(NC[C@@H]1OCCCN1S(=O)(=O)c1cc(F)ccc1F)C(=O)NC1CC1. The normalized spacial score (nSPS) is 20.9. The Morgan fingerprint density at radius 2 is 1.96 bits per heavy atom. The van der Waals surface area contributed by atoms with Crippen LogP contribution in [0.3, 0.4) is 0 Å². The Morgan fingerprint density at radius 1 is 1.22 bits per heavy atom. The molecule has 2 fully saturated rings. The molecule has 2 N–H and O–H groups in total. The van der Waals surface area contributed by atoms with Gasteiger partial charge in [0.15, 0.2) is 0 Å². The Hall–Kier alpha value is -2.11. The number of nitrogens with zero attached hydrogens (tertiary/aromatic N) is 1. The van der Waals surface area contributed by atoms with Crippen LogP contribution in [0.4, 0.5) is 8.78 Å². The number of ether oxygens (including phenoxy) is 1. The summed E-state index contributed by atoms with van der Waals surface area (Å²) in [5.74, 6) is -3.70. The van der Waals surface area contributed by atoms with Crippen molar-refractivity contribution in [3.63, 3.8) is 0 Å². The van der Waals surface area contributed by atoms with E-state index < -0.39 is 44.6 Å². The van der Waals surface area contributed by atoms with Gasteiger partial charge in [-0.15, -0.1) is 0 Å². The number of carbonyl (C=O) groups excluding carboxylic acids is 2. The van der Waals surface area contributed by atoms with Gasteiger partial charge in [0.2, 0.25) is 10.0 Å². The summed E-state index contributed by atoms with van der Waals surface area (Å²) in [4.78, 5) is 22.7. The number of hydrogen-bond acceptors (Lipinski definition) is 5. The van der Waals surface area contributed by atoms with Gasteiger partial charge in [0.25, 0.3) is 0 Å². The van der Waals surface area contributed by atoms with Gasteiger partial charge in [-0.1, -0.05) is 0 Å². The topological polar surface area (TPSA) is 105 Å². The lowest BCUT2D eigenvalue weighted by atomic mass is 10.3. The maximum atomic E-state index is 14.0. The second kappa shape index (κ2) is 7.87. The first kappa shape index (κ1) is 19.6. The summed E-state index contributed by atoms with van der Waals surface area (Å²) < 4.78 is 59.1. The quantitative estimate of drug-likeness (QED) is 0.679. The molecule has 0 unspecified atom stereocenters. The third-order valence-electron chi connectivity index (χ3n) is 4.19. The number of nitrogens with one attached hydrogen (secondary N) is 2. The minimum absolute atomic E-state index is 0.00186. The summed E-state index contributed by atoms with van der Waals surface area (Å²) in [6.07, 6.45) is 0.846. The molecule has 148 valence electrons. The van der Waals surface area contributed by atoms with Gasteiger partial charge in [0.05, 0.1) is 13.2 Å². The molecule has 1 aromatic rings. The van der Waals surface area contributed by atoms with Crippen LogP contribution in [0.1, 0.15) is 19.3 Å². The molecule has 0 bridgehead atoms. The van der Waals surface area contributed by atoms with Crippen LogP contribution in [0.2, 0.25) is 0 Å². The van der Waals surface area contributed by atoms with Crippen molar-refractivity contribution >= 4 is 21.8 Å². The molecule has 3 rings (SSSR count). The molecular formula is C16H19F2N3O5S. The van der Waals surface area contributed by atoms with Crippen LogP contribution in [-0.2, 0) is 24.3 Å². The largest absolute Gasteiger partial charge is 0.360 e. The summed E-state index contributed by atoms with van der Waals surface area (Å²) in [6, 6.07) is 2.14. The summed E-state index contributed by atoms with van der Waals surface area (Å²) in [5.41, 5.74) is 0. The monoisotopic (exact) mass is 403 g/mol. The first-order valence-electron chi connectivity index (χ1n) is 8.46. The van der Waals surface area contributed by atoms with Gasteiger partial charge in [0.1, 0.15) is 22.8 Å². The van der Waals surface area contributed by atoms with Crippen LogP contribution in [-0.4, -0.2) is 56.5 Å². The van der Waals surface area contributed by atoms with Crippen LogP contribution in [0.5, 0.6) is 0 Å². The average Bonchev–Trinajstić information content (AvgIpc) is 3.45. The zero-order chi connectivity index (χ0) is 19.6. The first-order chi connectivity index (χ1) is 12.8. The summed E-state index contributed by atoms with van der Waals surface area (Å²) >= 11 is 0. The third-order valence-corrected chi connectivity index (χ3v) is 6.09. The molecule has 0 aromatic heterocycles. The predicted molar refractivity (Wildman–Crippen MR) is 88.8 cm³/mol. The molecule has 1 aliphatic carbocycles. The molecule has 2 amide bonds. The lowest BCUT2D eigenvalue weighted by Crippen LogP contribution is -2.53. The zero-order valence-corrected chi connectivity index (χ0v) is 15.1. The molecule has 2 aliphatic rings. The molecule has 1 saturated heterocycles. The van der Waals surface area contributed by atoms with E-state index in [9.17, 15) is 26.8 Å². The minimum Gasteiger partial charge on any atom is -0.360 e. The lowest BCUT2D eigenvalue weighted by Gasteiger charge is -2.34. The van der Waals surface area contributed by atoms with Gasteiger partial charge in [-0.05, 0) is 37.5 Å². The number of carbonyl (C=O) groups is 2. The maximum absolute atomic E-state index is 14.0. The fourth-order valence-corrected chi connectivity index (χ4v) is 4.29. The minimum atomic E-state index is -4.40. The molecule has 1 aliphatic heterocycles. The van der Waals surface area contributed by atoms with Crippen molar-refractivity contribution in [2.45, 2.75) is 36.4 Å². The van der Waals surface area contributed by atoms with E-state index in [-0.39, 0.29) is 25.7 Å². The van der Waals surface area contributed by atoms with E-state index in [1.54, 1.807) is 0 Å². The number of rotatable bonds is 5. The van der Waals surface area contributed by atoms with Crippen molar-refractivity contribution in [3.8, 4) is 0 Å². The number of hydrogen-bond donors (Lipinski definition) is 2. The predicted octanol–water partition coefficient (Wildman–Crippen LogP) is 0.0967. The molecule has 1 aromatic carbocycles.